The van der Waals surface area contributed by atoms with Crippen LogP contribution in [0.1, 0.15) is 11.4 Å². The molecule has 3 aromatic heterocycles. The zero-order valence-corrected chi connectivity index (χ0v) is 16.1. The summed E-state index contributed by atoms with van der Waals surface area (Å²) < 4.78 is 21.8. The molecule has 0 aliphatic heterocycles. The second-order valence-electron chi connectivity index (χ2n) is 6.90. The van der Waals surface area contributed by atoms with E-state index in [0.717, 1.165) is 5.56 Å². The lowest BCUT2D eigenvalue weighted by Gasteiger charge is -2.03. The number of nitrogens with zero attached hydrogens (tertiary/aromatic N) is 5. The molecule has 1 N–H and O–H groups in total. The standard InChI is InChI=1S/C22H16FN5O3/c23-16-8-4-7-15(11-16)19-17(13-29)20-22(30)27(9-10-28(20)25-19)12-18-24-21(31-26-18)14-5-2-1-3-6-14/h1-11,29H,12-13H2. The van der Waals surface area contributed by atoms with Crippen LogP contribution in [0.4, 0.5) is 4.39 Å². The van der Waals surface area contributed by atoms with Crippen LogP contribution in [-0.2, 0) is 13.2 Å². The predicted octanol–water partition coefficient (Wildman–Crippen LogP) is 2.89. The first-order chi connectivity index (χ1) is 15.1. The topological polar surface area (TPSA) is 98.4 Å². The van der Waals surface area contributed by atoms with E-state index in [9.17, 15) is 14.3 Å². The minimum Gasteiger partial charge on any atom is -0.392 e. The lowest BCUT2D eigenvalue weighted by Crippen LogP contribution is -2.23. The second-order valence-corrected chi connectivity index (χ2v) is 6.90. The molecule has 31 heavy (non-hydrogen) atoms. The van der Waals surface area contributed by atoms with Crippen LogP contribution in [-0.4, -0.2) is 29.4 Å². The summed E-state index contributed by atoms with van der Waals surface area (Å²) in [5.41, 5.74) is 1.75. The molecule has 0 spiro atoms. The van der Waals surface area contributed by atoms with Crippen LogP contribution >= 0.6 is 0 Å². The van der Waals surface area contributed by atoms with Gasteiger partial charge in [-0.15, -0.1) is 0 Å². The van der Waals surface area contributed by atoms with Gasteiger partial charge in [0.15, 0.2) is 5.82 Å². The summed E-state index contributed by atoms with van der Waals surface area (Å²) in [5.74, 6) is 0.265. The molecule has 0 saturated heterocycles. The normalized spacial score (nSPS) is 11.3. The van der Waals surface area contributed by atoms with Gasteiger partial charge in [0.05, 0.1) is 18.8 Å². The largest absolute Gasteiger partial charge is 0.392 e. The van der Waals surface area contributed by atoms with E-state index >= 15 is 0 Å². The highest BCUT2D eigenvalue weighted by molar-refractivity contribution is 5.72. The number of aliphatic hydroxyl groups is 1. The van der Waals surface area contributed by atoms with Crippen molar-refractivity contribution in [3.8, 4) is 22.7 Å². The fourth-order valence-electron chi connectivity index (χ4n) is 3.46. The van der Waals surface area contributed by atoms with Crippen LogP contribution in [0, 0.1) is 5.82 Å². The highest BCUT2D eigenvalue weighted by Gasteiger charge is 2.19. The molecule has 0 saturated carbocycles. The van der Waals surface area contributed by atoms with Crippen molar-refractivity contribution in [2.24, 2.45) is 0 Å². The molecule has 5 aromatic rings. The number of halogens is 1. The Balaban J connectivity index is 1.55. The van der Waals surface area contributed by atoms with Gasteiger partial charge >= 0.3 is 0 Å². The van der Waals surface area contributed by atoms with Gasteiger partial charge in [-0.05, 0) is 24.3 Å². The highest BCUT2D eigenvalue weighted by Crippen LogP contribution is 2.25. The monoisotopic (exact) mass is 417 g/mol. The molecule has 0 atom stereocenters. The predicted molar refractivity (Wildman–Crippen MR) is 110 cm³/mol. The lowest BCUT2D eigenvalue weighted by atomic mass is 10.1. The Morgan fingerprint density at radius 2 is 1.84 bits per heavy atom. The Bertz CT molecular complexity index is 1440. The minimum absolute atomic E-state index is 0.0804. The molecule has 0 fully saturated rings. The van der Waals surface area contributed by atoms with Crippen molar-refractivity contribution in [1.29, 1.82) is 0 Å². The molecule has 0 aliphatic rings. The number of aromatic nitrogens is 5. The number of rotatable bonds is 5. The van der Waals surface area contributed by atoms with Crippen molar-refractivity contribution in [3.63, 3.8) is 0 Å². The van der Waals surface area contributed by atoms with Crippen LogP contribution in [0.15, 0.2) is 76.3 Å². The van der Waals surface area contributed by atoms with Gasteiger partial charge in [-0.2, -0.15) is 10.1 Å². The fraction of sp³-hybridized carbons (Fsp3) is 0.0909. The van der Waals surface area contributed by atoms with Crippen molar-refractivity contribution >= 4 is 5.52 Å². The van der Waals surface area contributed by atoms with Gasteiger partial charge in [-0.1, -0.05) is 35.5 Å². The van der Waals surface area contributed by atoms with E-state index in [2.05, 4.69) is 15.2 Å². The van der Waals surface area contributed by atoms with Gasteiger partial charge in [0.2, 0.25) is 0 Å². The Morgan fingerprint density at radius 3 is 2.61 bits per heavy atom. The zero-order chi connectivity index (χ0) is 21.4. The smallest absolute Gasteiger partial charge is 0.277 e. The Hall–Kier alpha value is -4.11. The number of benzene rings is 2. The summed E-state index contributed by atoms with van der Waals surface area (Å²) in [5, 5.41) is 18.3. The number of aliphatic hydroxyl groups excluding tert-OH is 1. The van der Waals surface area contributed by atoms with E-state index < -0.39 is 12.4 Å². The van der Waals surface area contributed by atoms with E-state index in [4.69, 9.17) is 4.52 Å². The Kier molecular flexibility index (Phi) is 4.64. The molecule has 0 aliphatic carbocycles. The quantitative estimate of drug-likeness (QED) is 0.472. The Labute approximate surface area is 174 Å². The molecular weight excluding hydrogens is 401 g/mol. The highest BCUT2D eigenvalue weighted by atomic mass is 19.1. The van der Waals surface area contributed by atoms with E-state index in [-0.39, 0.29) is 17.6 Å². The number of hydrogen-bond donors (Lipinski definition) is 1. The number of fused-ring (bicyclic) bond motifs is 1. The van der Waals surface area contributed by atoms with Crippen LogP contribution < -0.4 is 5.56 Å². The van der Waals surface area contributed by atoms with Gasteiger partial charge in [0, 0.05) is 29.1 Å². The summed E-state index contributed by atoms with van der Waals surface area (Å²) in [4.78, 5) is 17.5. The molecule has 8 nitrogen and oxygen atoms in total. The van der Waals surface area contributed by atoms with Crippen LogP contribution in [0.2, 0.25) is 0 Å². The van der Waals surface area contributed by atoms with Crippen molar-refractivity contribution in [2.45, 2.75) is 13.2 Å². The van der Waals surface area contributed by atoms with Crippen LogP contribution in [0.3, 0.4) is 0 Å². The van der Waals surface area contributed by atoms with Crippen LogP contribution in [0.25, 0.3) is 28.2 Å². The summed E-state index contributed by atoms with van der Waals surface area (Å²) in [7, 11) is 0. The van der Waals surface area contributed by atoms with Crippen molar-refractivity contribution in [1.82, 2.24) is 24.3 Å². The van der Waals surface area contributed by atoms with Gasteiger partial charge in [0.25, 0.3) is 11.4 Å². The summed E-state index contributed by atoms with van der Waals surface area (Å²) in [6.45, 7) is -0.341. The molecule has 3 heterocycles. The Morgan fingerprint density at radius 1 is 1.03 bits per heavy atom. The van der Waals surface area contributed by atoms with E-state index in [1.54, 1.807) is 24.5 Å². The third-order valence-corrected chi connectivity index (χ3v) is 4.92. The van der Waals surface area contributed by atoms with Gasteiger partial charge in [0.1, 0.15) is 11.3 Å². The molecule has 0 bridgehead atoms. The maximum atomic E-state index is 13.7. The molecule has 9 heteroatoms. The molecule has 0 amide bonds. The summed E-state index contributed by atoms with van der Waals surface area (Å²) in [6, 6.07) is 15.2. The lowest BCUT2D eigenvalue weighted by molar-refractivity contribution is 0.283. The summed E-state index contributed by atoms with van der Waals surface area (Å²) >= 11 is 0. The molecule has 0 unspecified atom stereocenters. The third kappa shape index (κ3) is 3.40. The molecule has 5 rings (SSSR count). The second kappa shape index (κ2) is 7.62. The van der Waals surface area contributed by atoms with Crippen molar-refractivity contribution in [3.05, 3.63) is 94.5 Å². The van der Waals surface area contributed by atoms with Gasteiger partial charge < -0.3 is 14.2 Å². The van der Waals surface area contributed by atoms with Gasteiger partial charge in [-0.25, -0.2) is 8.91 Å². The van der Waals surface area contributed by atoms with Crippen molar-refractivity contribution in [2.75, 3.05) is 0 Å². The minimum atomic E-state index is -0.429. The molecular formula is C22H16FN5O3. The van der Waals surface area contributed by atoms with Crippen molar-refractivity contribution < 1.29 is 14.0 Å². The van der Waals surface area contributed by atoms with Gasteiger partial charge in [-0.3, -0.25) is 4.79 Å². The SMILES string of the molecule is O=c1c2c(CO)c(-c3cccc(F)c3)nn2ccn1Cc1noc(-c2ccccc2)n1. The van der Waals surface area contributed by atoms with Crippen LogP contribution in [0.5, 0.6) is 0 Å². The first kappa shape index (κ1) is 18.9. The maximum absolute atomic E-state index is 13.7. The zero-order valence-electron chi connectivity index (χ0n) is 16.1. The average Bonchev–Trinajstić information content (AvgIpc) is 3.41. The van der Waals surface area contributed by atoms with E-state index in [0.29, 0.717) is 28.5 Å². The third-order valence-electron chi connectivity index (χ3n) is 4.92. The maximum Gasteiger partial charge on any atom is 0.277 e. The number of hydrogen-bond acceptors (Lipinski definition) is 6. The average molecular weight is 417 g/mol. The summed E-state index contributed by atoms with van der Waals surface area (Å²) in [6.07, 6.45) is 3.15. The first-order valence-corrected chi connectivity index (χ1v) is 9.49. The van der Waals surface area contributed by atoms with E-state index in [1.807, 2.05) is 30.3 Å². The first-order valence-electron chi connectivity index (χ1n) is 9.49. The fourth-order valence-corrected chi connectivity index (χ4v) is 3.46. The van der Waals surface area contributed by atoms with E-state index in [1.165, 1.54) is 21.2 Å². The molecule has 154 valence electrons. The molecule has 2 aromatic carbocycles. The molecule has 0 radical (unpaired) electrons.